The molecule has 2 rings (SSSR count). The molecule has 2 N–H and O–H groups in total. The summed E-state index contributed by atoms with van der Waals surface area (Å²) in [6, 6.07) is 4.88. The average Bonchev–Trinajstić information content (AvgIpc) is 2.43. The summed E-state index contributed by atoms with van der Waals surface area (Å²) in [7, 11) is 1.81. The first-order chi connectivity index (χ1) is 9.92. The quantitative estimate of drug-likeness (QED) is 0.844. The minimum Gasteiger partial charge on any atom is -0.373 e. The Kier molecular flexibility index (Phi) is 4.77. The van der Waals surface area contributed by atoms with Gasteiger partial charge in [-0.05, 0) is 25.1 Å². The lowest BCUT2D eigenvalue weighted by molar-refractivity contribution is 0.631. The van der Waals surface area contributed by atoms with Gasteiger partial charge in [-0.1, -0.05) is 29.8 Å². The van der Waals surface area contributed by atoms with Crippen LogP contribution in [0.15, 0.2) is 22.7 Å². The number of rotatable bonds is 4. The van der Waals surface area contributed by atoms with Gasteiger partial charge < -0.3 is 10.6 Å². The minimum absolute atomic E-state index is 0.188. The first-order valence-electron chi connectivity index (χ1n) is 6.70. The fourth-order valence-electron chi connectivity index (χ4n) is 1.88. The molecule has 0 amide bonds. The van der Waals surface area contributed by atoms with E-state index < -0.39 is 0 Å². The van der Waals surface area contributed by atoms with Crippen molar-refractivity contribution < 1.29 is 4.39 Å². The van der Waals surface area contributed by atoms with E-state index >= 15 is 0 Å². The van der Waals surface area contributed by atoms with Crippen LogP contribution < -0.4 is 10.6 Å². The largest absolute Gasteiger partial charge is 0.373 e. The highest BCUT2D eigenvalue weighted by molar-refractivity contribution is 9.10. The lowest BCUT2D eigenvalue weighted by Gasteiger charge is -2.15. The smallest absolute Gasteiger partial charge is 0.147 e. The monoisotopic (exact) mass is 352 g/mol. The molecule has 0 aliphatic heterocycles. The summed E-state index contributed by atoms with van der Waals surface area (Å²) in [5.74, 6) is 1.92. The molecule has 1 heterocycles. The van der Waals surface area contributed by atoms with Gasteiger partial charge in [0.05, 0.1) is 5.69 Å². The molecular formula is C15H18BrFN4. The highest BCUT2D eigenvalue weighted by Crippen LogP contribution is 2.27. The molecule has 1 aromatic heterocycles. The Morgan fingerprint density at radius 1 is 1.19 bits per heavy atom. The van der Waals surface area contributed by atoms with Gasteiger partial charge in [0.15, 0.2) is 0 Å². The minimum atomic E-state index is -0.334. The molecule has 0 saturated heterocycles. The maximum atomic E-state index is 14.0. The summed E-state index contributed by atoms with van der Waals surface area (Å²) in [6.45, 7) is 5.94. The van der Waals surface area contributed by atoms with E-state index in [0.717, 1.165) is 11.4 Å². The third-order valence-corrected chi connectivity index (χ3v) is 3.59. The van der Waals surface area contributed by atoms with E-state index in [0.29, 0.717) is 21.8 Å². The fraction of sp³-hybridized carbons (Fsp3) is 0.333. The fourth-order valence-corrected chi connectivity index (χ4v) is 2.21. The van der Waals surface area contributed by atoms with Gasteiger partial charge in [-0.15, -0.1) is 0 Å². The Balaban J connectivity index is 2.45. The van der Waals surface area contributed by atoms with Gasteiger partial charge in [0, 0.05) is 23.0 Å². The highest BCUT2D eigenvalue weighted by Gasteiger charge is 2.13. The molecule has 0 bridgehead atoms. The van der Waals surface area contributed by atoms with Crippen molar-refractivity contribution in [1.29, 1.82) is 0 Å². The number of halogens is 2. The zero-order valence-corrected chi connectivity index (χ0v) is 14.0. The third kappa shape index (κ3) is 3.50. The van der Waals surface area contributed by atoms with Crippen LogP contribution in [0.25, 0.3) is 0 Å². The highest BCUT2D eigenvalue weighted by atomic mass is 79.9. The number of hydrogen-bond donors (Lipinski definition) is 2. The van der Waals surface area contributed by atoms with E-state index in [4.69, 9.17) is 0 Å². The van der Waals surface area contributed by atoms with Crippen LogP contribution in [-0.4, -0.2) is 17.0 Å². The second kappa shape index (κ2) is 6.39. The molecular weight excluding hydrogens is 335 g/mol. The normalized spacial score (nSPS) is 10.8. The van der Waals surface area contributed by atoms with Crippen LogP contribution in [0.3, 0.4) is 0 Å². The molecule has 1 aromatic carbocycles. The summed E-state index contributed by atoms with van der Waals surface area (Å²) in [5, 5.41) is 6.10. The number of anilines is 3. The van der Waals surface area contributed by atoms with Gasteiger partial charge in [-0.3, -0.25) is 0 Å². The van der Waals surface area contributed by atoms with E-state index in [9.17, 15) is 4.39 Å². The van der Waals surface area contributed by atoms with Crippen molar-refractivity contribution in [3.05, 3.63) is 39.9 Å². The van der Waals surface area contributed by atoms with Crippen molar-refractivity contribution in [2.45, 2.75) is 26.7 Å². The summed E-state index contributed by atoms with van der Waals surface area (Å²) < 4.78 is 14.7. The van der Waals surface area contributed by atoms with Crippen molar-refractivity contribution in [3.63, 3.8) is 0 Å². The van der Waals surface area contributed by atoms with Gasteiger partial charge >= 0.3 is 0 Å². The summed E-state index contributed by atoms with van der Waals surface area (Å²) in [4.78, 5) is 8.96. The van der Waals surface area contributed by atoms with Gasteiger partial charge in [-0.2, -0.15) is 0 Å². The Bertz CT molecular complexity index is 658. The van der Waals surface area contributed by atoms with Gasteiger partial charge in [0.1, 0.15) is 23.3 Å². The molecule has 4 nitrogen and oxygen atoms in total. The molecule has 2 aromatic rings. The van der Waals surface area contributed by atoms with Crippen molar-refractivity contribution in [2.75, 3.05) is 17.7 Å². The Morgan fingerprint density at radius 3 is 2.43 bits per heavy atom. The summed E-state index contributed by atoms with van der Waals surface area (Å²) in [5.41, 5.74) is 1.24. The topological polar surface area (TPSA) is 49.8 Å². The maximum absolute atomic E-state index is 14.0. The predicted octanol–water partition coefficient (Wildman–Crippen LogP) is 4.60. The molecule has 112 valence electrons. The van der Waals surface area contributed by atoms with E-state index in [1.807, 2.05) is 27.8 Å². The van der Waals surface area contributed by atoms with Crippen LogP contribution in [0, 0.1) is 12.7 Å². The number of aromatic nitrogens is 2. The lowest BCUT2D eigenvalue weighted by atomic mass is 10.2. The van der Waals surface area contributed by atoms with Gasteiger partial charge in [0.25, 0.3) is 0 Å². The number of hydrogen-bond acceptors (Lipinski definition) is 4. The zero-order valence-electron chi connectivity index (χ0n) is 12.5. The second-order valence-corrected chi connectivity index (χ2v) is 5.97. The Labute approximate surface area is 132 Å². The Hall–Kier alpha value is -1.69. The van der Waals surface area contributed by atoms with Gasteiger partial charge in [0.2, 0.25) is 0 Å². The second-order valence-electron chi connectivity index (χ2n) is 5.06. The number of nitrogens with zero attached hydrogens (tertiary/aromatic N) is 2. The van der Waals surface area contributed by atoms with Crippen LogP contribution in [0.1, 0.15) is 31.2 Å². The van der Waals surface area contributed by atoms with Crippen LogP contribution in [0.5, 0.6) is 0 Å². The van der Waals surface area contributed by atoms with Crippen molar-refractivity contribution >= 4 is 33.3 Å². The molecule has 0 atom stereocenters. The first kappa shape index (κ1) is 15.7. The van der Waals surface area contributed by atoms with Crippen molar-refractivity contribution in [1.82, 2.24) is 9.97 Å². The standard InChI is InChI=1S/C15H18BrFN4/c1-8(2)13-20-14(18-4)9(3)15(21-13)19-12-6-5-10(16)7-11(12)17/h5-8H,1-4H3,(H2,18,19,20,21). The number of benzene rings is 1. The van der Waals surface area contributed by atoms with Crippen LogP contribution in [0.2, 0.25) is 0 Å². The van der Waals surface area contributed by atoms with E-state index in [1.165, 1.54) is 6.07 Å². The molecule has 0 saturated carbocycles. The summed E-state index contributed by atoms with van der Waals surface area (Å²) >= 11 is 3.25. The van der Waals surface area contributed by atoms with Crippen LogP contribution in [0.4, 0.5) is 21.7 Å². The molecule has 0 fully saturated rings. The van der Waals surface area contributed by atoms with E-state index in [1.54, 1.807) is 12.1 Å². The average molecular weight is 353 g/mol. The van der Waals surface area contributed by atoms with E-state index in [2.05, 4.69) is 36.5 Å². The van der Waals surface area contributed by atoms with Crippen LogP contribution >= 0.6 is 15.9 Å². The zero-order chi connectivity index (χ0) is 15.6. The molecule has 0 radical (unpaired) electrons. The molecule has 21 heavy (non-hydrogen) atoms. The van der Waals surface area contributed by atoms with Gasteiger partial charge in [-0.25, -0.2) is 14.4 Å². The SMILES string of the molecule is CNc1nc(C(C)C)nc(Nc2ccc(Br)cc2F)c1C. The maximum Gasteiger partial charge on any atom is 0.147 e. The predicted molar refractivity (Wildman–Crippen MR) is 87.8 cm³/mol. The van der Waals surface area contributed by atoms with E-state index in [-0.39, 0.29) is 11.7 Å². The summed E-state index contributed by atoms with van der Waals surface area (Å²) in [6.07, 6.45) is 0. The van der Waals surface area contributed by atoms with Crippen LogP contribution in [-0.2, 0) is 0 Å². The molecule has 0 aliphatic carbocycles. The number of nitrogens with one attached hydrogen (secondary N) is 2. The molecule has 0 spiro atoms. The molecule has 0 aliphatic rings. The molecule has 6 heteroatoms. The Morgan fingerprint density at radius 2 is 1.86 bits per heavy atom. The van der Waals surface area contributed by atoms with Crippen molar-refractivity contribution in [2.24, 2.45) is 0 Å². The molecule has 0 unspecified atom stereocenters. The first-order valence-corrected chi connectivity index (χ1v) is 7.50. The third-order valence-electron chi connectivity index (χ3n) is 3.10. The van der Waals surface area contributed by atoms with Crippen molar-refractivity contribution in [3.8, 4) is 0 Å². The lowest BCUT2D eigenvalue weighted by Crippen LogP contribution is -2.08.